The molecule has 1 fully saturated rings. The van der Waals surface area contributed by atoms with Crippen LogP contribution in [0, 0.1) is 19.7 Å². The number of benzene rings is 2. The highest BCUT2D eigenvalue weighted by atomic mass is 35.5. The highest BCUT2D eigenvalue weighted by Crippen LogP contribution is 2.38. The molecule has 0 unspecified atom stereocenters. The van der Waals surface area contributed by atoms with Crippen LogP contribution in [0.4, 0.5) is 4.39 Å². The number of aromatic amines is 1. The number of hydrogen-bond acceptors (Lipinski definition) is 3. The van der Waals surface area contributed by atoms with Crippen LogP contribution in [0.3, 0.4) is 0 Å². The summed E-state index contributed by atoms with van der Waals surface area (Å²) in [5.74, 6) is -0.555. The Morgan fingerprint density at radius 2 is 1.88 bits per heavy atom. The van der Waals surface area contributed by atoms with Crippen LogP contribution in [0.2, 0.25) is 5.02 Å². The molecule has 4 nitrogen and oxygen atoms in total. The molecule has 0 saturated heterocycles. The van der Waals surface area contributed by atoms with E-state index in [0.29, 0.717) is 25.5 Å². The minimum Gasteiger partial charge on any atom is -0.330 e. The molecule has 1 amide bonds. The van der Waals surface area contributed by atoms with Crippen molar-refractivity contribution in [2.75, 3.05) is 0 Å². The minimum atomic E-state index is -0.359. The van der Waals surface area contributed by atoms with Crippen LogP contribution in [-0.2, 0) is 6.54 Å². The molecule has 2 aromatic heterocycles. The van der Waals surface area contributed by atoms with E-state index in [2.05, 4.69) is 11.1 Å². The summed E-state index contributed by atoms with van der Waals surface area (Å²) >= 11 is 7.82. The van der Waals surface area contributed by atoms with Crippen molar-refractivity contribution in [3.05, 3.63) is 79.2 Å². The molecule has 0 spiro atoms. The van der Waals surface area contributed by atoms with Gasteiger partial charge < -0.3 is 9.88 Å². The number of halogens is 2. The van der Waals surface area contributed by atoms with Gasteiger partial charge in [-0.25, -0.2) is 4.39 Å². The maximum Gasteiger partial charge on any atom is 0.266 e. The third kappa shape index (κ3) is 4.25. The number of pyridine rings is 1. The van der Waals surface area contributed by atoms with E-state index in [1.54, 1.807) is 6.07 Å². The van der Waals surface area contributed by atoms with Gasteiger partial charge in [0.25, 0.3) is 11.5 Å². The van der Waals surface area contributed by atoms with E-state index < -0.39 is 0 Å². The average Bonchev–Trinajstić information content (AvgIpc) is 3.13. The Balaban J connectivity index is 1.57. The van der Waals surface area contributed by atoms with Crippen molar-refractivity contribution in [1.82, 2.24) is 9.88 Å². The van der Waals surface area contributed by atoms with Gasteiger partial charge in [-0.15, -0.1) is 11.3 Å². The second kappa shape index (κ2) is 9.16. The third-order valence-electron chi connectivity index (χ3n) is 6.79. The zero-order valence-corrected chi connectivity index (χ0v) is 20.8. The molecule has 0 atom stereocenters. The second-order valence-electron chi connectivity index (χ2n) is 9.28. The van der Waals surface area contributed by atoms with Crippen molar-refractivity contribution in [2.24, 2.45) is 0 Å². The molecule has 7 heteroatoms. The van der Waals surface area contributed by atoms with Gasteiger partial charge in [-0.05, 0) is 68.1 Å². The number of H-pyrrole nitrogens is 1. The molecule has 0 radical (unpaired) electrons. The van der Waals surface area contributed by atoms with Gasteiger partial charge in [-0.3, -0.25) is 9.59 Å². The largest absolute Gasteiger partial charge is 0.330 e. The minimum absolute atomic E-state index is 0.0356. The first-order valence-electron chi connectivity index (χ1n) is 11.6. The Bertz CT molecular complexity index is 1470. The van der Waals surface area contributed by atoms with Crippen LogP contribution in [0.5, 0.6) is 0 Å². The average molecular weight is 497 g/mol. The number of hydrogen-bond donors (Lipinski definition) is 1. The van der Waals surface area contributed by atoms with E-state index >= 15 is 0 Å². The lowest BCUT2D eigenvalue weighted by atomic mass is 9.93. The number of carbonyl (C=O) groups excluding carboxylic acids is 1. The Morgan fingerprint density at radius 3 is 2.65 bits per heavy atom. The van der Waals surface area contributed by atoms with Crippen molar-refractivity contribution in [3.63, 3.8) is 0 Å². The van der Waals surface area contributed by atoms with Crippen LogP contribution in [-0.4, -0.2) is 21.8 Å². The van der Waals surface area contributed by atoms with Crippen molar-refractivity contribution in [3.8, 4) is 0 Å². The monoisotopic (exact) mass is 496 g/mol. The maximum atomic E-state index is 13.9. The number of aromatic nitrogens is 1. The lowest BCUT2D eigenvalue weighted by Crippen LogP contribution is -2.42. The number of nitrogens with one attached hydrogen (secondary N) is 1. The SMILES string of the molecule is Cc1cc(C)c2cc(CN(C(=O)c3sc4cc(F)ccc4c3Cl)C3CCCCC3)c(=O)[nH]c2c1. The zero-order chi connectivity index (χ0) is 24.0. The molecule has 1 aliphatic carbocycles. The summed E-state index contributed by atoms with van der Waals surface area (Å²) < 4.78 is 14.4. The van der Waals surface area contributed by atoms with Gasteiger partial charge in [0.05, 0.1) is 11.6 Å². The third-order valence-corrected chi connectivity index (χ3v) is 8.44. The molecule has 0 bridgehead atoms. The van der Waals surface area contributed by atoms with Crippen LogP contribution < -0.4 is 5.56 Å². The summed E-state index contributed by atoms with van der Waals surface area (Å²) in [6.07, 6.45) is 5.04. The van der Waals surface area contributed by atoms with Crippen LogP contribution in [0.25, 0.3) is 21.0 Å². The highest BCUT2D eigenvalue weighted by molar-refractivity contribution is 7.21. The number of rotatable bonds is 4. The van der Waals surface area contributed by atoms with E-state index in [1.807, 2.05) is 30.9 Å². The van der Waals surface area contributed by atoms with E-state index in [1.165, 1.54) is 23.5 Å². The topological polar surface area (TPSA) is 53.2 Å². The normalized spacial score (nSPS) is 14.7. The fourth-order valence-corrected chi connectivity index (χ4v) is 6.58. The summed E-state index contributed by atoms with van der Waals surface area (Å²) in [6, 6.07) is 10.4. The molecule has 34 heavy (non-hydrogen) atoms. The van der Waals surface area contributed by atoms with Gasteiger partial charge in [0.1, 0.15) is 10.7 Å². The lowest BCUT2D eigenvalue weighted by molar-refractivity contribution is 0.0618. The first kappa shape index (κ1) is 23.1. The van der Waals surface area contributed by atoms with E-state index in [-0.39, 0.29) is 29.9 Å². The van der Waals surface area contributed by atoms with Crippen molar-refractivity contribution in [1.29, 1.82) is 0 Å². The molecule has 2 aromatic carbocycles. The van der Waals surface area contributed by atoms with Gasteiger partial charge >= 0.3 is 0 Å². The molecule has 4 aromatic rings. The Morgan fingerprint density at radius 1 is 1.12 bits per heavy atom. The number of nitrogens with zero attached hydrogens (tertiary/aromatic N) is 1. The molecule has 2 heterocycles. The van der Waals surface area contributed by atoms with Crippen molar-refractivity contribution < 1.29 is 9.18 Å². The van der Waals surface area contributed by atoms with Crippen LogP contribution in [0.1, 0.15) is 58.5 Å². The molecule has 1 aliphatic rings. The summed E-state index contributed by atoms with van der Waals surface area (Å²) in [5.41, 5.74) is 3.34. The van der Waals surface area contributed by atoms with Crippen molar-refractivity contribution in [2.45, 2.75) is 58.5 Å². The number of fused-ring (bicyclic) bond motifs is 2. The Kier molecular flexibility index (Phi) is 6.21. The van der Waals surface area contributed by atoms with E-state index in [9.17, 15) is 14.0 Å². The van der Waals surface area contributed by atoms with Gasteiger partial charge in [-0.1, -0.05) is 36.9 Å². The van der Waals surface area contributed by atoms with Crippen LogP contribution >= 0.6 is 22.9 Å². The molecular weight excluding hydrogens is 471 g/mol. The molecular formula is C27H26ClFN2O2S. The van der Waals surface area contributed by atoms with Crippen molar-refractivity contribution >= 4 is 49.8 Å². The van der Waals surface area contributed by atoms with Gasteiger partial charge in [-0.2, -0.15) is 0 Å². The van der Waals surface area contributed by atoms with E-state index in [4.69, 9.17) is 11.6 Å². The molecule has 1 N–H and O–H groups in total. The molecule has 1 saturated carbocycles. The first-order valence-corrected chi connectivity index (χ1v) is 12.8. The summed E-state index contributed by atoms with van der Waals surface area (Å²) in [6.45, 7) is 4.24. The standard InChI is InChI=1S/C27H26ClFN2O2S/c1-15-10-16(2)21-12-17(26(32)30-22(21)11-15)14-31(19-6-4-3-5-7-19)27(33)25-24(28)20-9-8-18(29)13-23(20)34-25/h8-13,19H,3-7,14H2,1-2H3,(H,30,32). The summed E-state index contributed by atoms with van der Waals surface area (Å²) in [5, 5.41) is 2.01. The van der Waals surface area contributed by atoms with Crippen LogP contribution in [0.15, 0.2) is 41.2 Å². The first-order chi connectivity index (χ1) is 16.3. The maximum absolute atomic E-state index is 13.9. The smallest absolute Gasteiger partial charge is 0.266 e. The summed E-state index contributed by atoms with van der Waals surface area (Å²) in [7, 11) is 0. The number of aryl methyl sites for hydroxylation is 2. The molecule has 0 aliphatic heterocycles. The molecule has 5 rings (SSSR count). The zero-order valence-electron chi connectivity index (χ0n) is 19.2. The number of amides is 1. The Labute approximate surface area is 206 Å². The lowest BCUT2D eigenvalue weighted by Gasteiger charge is -2.34. The fraction of sp³-hybridized carbons (Fsp3) is 0.333. The predicted molar refractivity (Wildman–Crippen MR) is 138 cm³/mol. The quantitative estimate of drug-likeness (QED) is 0.327. The Hall–Kier alpha value is -2.70. The fourth-order valence-electron chi connectivity index (χ4n) is 5.08. The van der Waals surface area contributed by atoms with Gasteiger partial charge in [0, 0.05) is 32.6 Å². The van der Waals surface area contributed by atoms with Gasteiger partial charge in [0.2, 0.25) is 0 Å². The number of thiophene rings is 1. The predicted octanol–water partition coefficient (Wildman–Crippen LogP) is 7.13. The van der Waals surface area contributed by atoms with Gasteiger partial charge in [0.15, 0.2) is 0 Å². The highest BCUT2D eigenvalue weighted by Gasteiger charge is 2.30. The summed E-state index contributed by atoms with van der Waals surface area (Å²) in [4.78, 5) is 32.1. The second-order valence-corrected chi connectivity index (χ2v) is 10.7. The molecule has 176 valence electrons. The number of carbonyl (C=O) groups is 1. The van der Waals surface area contributed by atoms with E-state index in [0.717, 1.165) is 54.1 Å².